The van der Waals surface area contributed by atoms with Gasteiger partial charge in [0.1, 0.15) is 5.69 Å². The lowest BCUT2D eigenvalue weighted by atomic mass is 10.1. The fourth-order valence-electron chi connectivity index (χ4n) is 3.57. The van der Waals surface area contributed by atoms with Gasteiger partial charge >= 0.3 is 6.09 Å². The van der Waals surface area contributed by atoms with E-state index in [-0.39, 0.29) is 6.54 Å². The number of oxime groups is 1. The second-order valence-corrected chi connectivity index (χ2v) is 9.36. The van der Waals surface area contributed by atoms with Gasteiger partial charge < -0.3 is 20.2 Å². The quantitative estimate of drug-likeness (QED) is 0.134. The van der Waals surface area contributed by atoms with Crippen LogP contribution in [0.25, 0.3) is 0 Å². The fourth-order valence-corrected chi connectivity index (χ4v) is 3.75. The van der Waals surface area contributed by atoms with Gasteiger partial charge in [-0.3, -0.25) is 4.98 Å². The molecule has 1 amide bonds. The zero-order valence-corrected chi connectivity index (χ0v) is 25.0. The number of aromatic nitrogens is 3. The molecule has 9 nitrogen and oxygen atoms in total. The number of nitrogens with zero attached hydrogens (tertiary/aromatic N) is 4. The second kappa shape index (κ2) is 16.4. The topological polar surface area (TPSA) is 111 Å². The lowest BCUT2D eigenvalue weighted by Crippen LogP contribution is -2.22. The van der Waals surface area contributed by atoms with Gasteiger partial charge in [0.05, 0.1) is 18.5 Å². The van der Waals surface area contributed by atoms with Gasteiger partial charge in [-0.25, -0.2) is 14.8 Å². The van der Waals surface area contributed by atoms with Crippen molar-refractivity contribution in [2.24, 2.45) is 5.16 Å². The standard InChI is InChI=1S/C18H20ClN3O3.C14H13N3/c1-12-5-4-6-16(21-12)11-25-22-13(2)14-7-8-17(19)15(9-14)10-20-18(23)24-3;1-3-7-13-10-11(2)15-14(17-13)16-12-8-5-4-6-9-12/h4-9H,10-11H2,1-3H3,(H,20,23);4-6,8-10H,1-2H3,(H,15,16,17)/b22-13+;. The minimum atomic E-state index is -0.513. The van der Waals surface area contributed by atoms with Crippen LogP contribution in [-0.2, 0) is 22.7 Å². The summed E-state index contributed by atoms with van der Waals surface area (Å²) in [5, 5.41) is 10.4. The minimum absolute atomic E-state index is 0.265. The minimum Gasteiger partial charge on any atom is -0.453 e. The Morgan fingerprint density at radius 2 is 1.76 bits per heavy atom. The second-order valence-electron chi connectivity index (χ2n) is 8.96. The molecule has 42 heavy (non-hydrogen) atoms. The van der Waals surface area contributed by atoms with Crippen LogP contribution in [0.5, 0.6) is 0 Å². The molecular weight excluding hydrogens is 552 g/mol. The van der Waals surface area contributed by atoms with E-state index < -0.39 is 6.09 Å². The molecule has 0 fully saturated rings. The van der Waals surface area contributed by atoms with Crippen LogP contribution in [0.15, 0.2) is 78.0 Å². The van der Waals surface area contributed by atoms with Crippen LogP contribution >= 0.6 is 11.6 Å². The Kier molecular flexibility index (Phi) is 12.3. The summed E-state index contributed by atoms with van der Waals surface area (Å²) < 4.78 is 4.55. The Balaban J connectivity index is 0.000000247. The summed E-state index contributed by atoms with van der Waals surface area (Å²) in [6, 6.07) is 22.9. The molecule has 0 spiro atoms. The molecule has 0 atom stereocenters. The molecule has 0 aliphatic rings. The maximum absolute atomic E-state index is 11.2. The average Bonchev–Trinajstić information content (AvgIpc) is 2.97. The van der Waals surface area contributed by atoms with Gasteiger partial charge in [-0.15, -0.1) is 0 Å². The van der Waals surface area contributed by atoms with Crippen molar-refractivity contribution in [2.45, 2.75) is 40.8 Å². The summed E-state index contributed by atoms with van der Waals surface area (Å²) in [6.45, 7) is 8.05. The highest BCUT2D eigenvalue weighted by Gasteiger charge is 2.07. The molecule has 4 rings (SSSR count). The monoisotopic (exact) mass is 584 g/mol. The van der Waals surface area contributed by atoms with Crippen molar-refractivity contribution in [3.8, 4) is 11.8 Å². The Labute approximate surface area is 251 Å². The van der Waals surface area contributed by atoms with Gasteiger partial charge in [0, 0.05) is 28.6 Å². The van der Waals surface area contributed by atoms with E-state index in [0.29, 0.717) is 23.3 Å². The highest BCUT2D eigenvalue weighted by atomic mass is 35.5. The number of nitrogens with one attached hydrogen (secondary N) is 2. The number of hydrogen-bond donors (Lipinski definition) is 2. The summed E-state index contributed by atoms with van der Waals surface area (Å²) in [4.78, 5) is 29.6. The molecule has 2 heterocycles. The van der Waals surface area contributed by atoms with Gasteiger partial charge in [0.25, 0.3) is 0 Å². The van der Waals surface area contributed by atoms with Gasteiger partial charge in [0.15, 0.2) is 6.61 Å². The SMILES string of the molecule is CC#Cc1cc(C)nc(Nc2ccccc2)n1.COC(=O)NCc1cc(/C(C)=N/OCc2cccc(C)n2)ccc1Cl. The molecule has 0 saturated heterocycles. The van der Waals surface area contributed by atoms with Crippen LogP contribution in [0, 0.1) is 25.7 Å². The molecule has 0 radical (unpaired) electrons. The lowest BCUT2D eigenvalue weighted by Gasteiger charge is -2.09. The molecule has 0 aliphatic carbocycles. The molecule has 2 aromatic heterocycles. The number of carbonyl (C=O) groups is 1. The number of methoxy groups -OCH3 is 1. The van der Waals surface area contributed by atoms with Crippen LogP contribution in [0.1, 0.15) is 47.8 Å². The number of pyridine rings is 1. The van der Waals surface area contributed by atoms with E-state index in [1.54, 1.807) is 13.0 Å². The van der Waals surface area contributed by atoms with Crippen molar-refractivity contribution in [3.05, 3.63) is 112 Å². The Morgan fingerprint density at radius 3 is 2.48 bits per heavy atom. The van der Waals surface area contributed by atoms with Crippen molar-refractivity contribution in [2.75, 3.05) is 12.4 Å². The number of alkyl carbamates (subject to hydrolysis) is 1. The molecular formula is C32H33ClN6O3. The Bertz CT molecular complexity index is 1580. The predicted molar refractivity (Wildman–Crippen MR) is 166 cm³/mol. The number of rotatable bonds is 8. The summed E-state index contributed by atoms with van der Waals surface area (Å²) in [6.07, 6.45) is -0.513. The maximum atomic E-state index is 11.2. The molecule has 0 bridgehead atoms. The third kappa shape index (κ3) is 10.6. The number of anilines is 2. The maximum Gasteiger partial charge on any atom is 0.407 e. The molecule has 0 unspecified atom stereocenters. The number of carbonyl (C=O) groups excluding carboxylic acids is 1. The van der Waals surface area contributed by atoms with Crippen LogP contribution in [0.3, 0.4) is 0 Å². The smallest absolute Gasteiger partial charge is 0.407 e. The van der Waals surface area contributed by atoms with E-state index >= 15 is 0 Å². The fraction of sp³-hybridized carbons (Fsp3) is 0.219. The van der Waals surface area contributed by atoms with E-state index in [1.165, 1.54) is 7.11 Å². The normalized spacial score (nSPS) is 10.4. The van der Waals surface area contributed by atoms with Gasteiger partial charge in [0.2, 0.25) is 5.95 Å². The van der Waals surface area contributed by atoms with Crippen LogP contribution in [0.2, 0.25) is 5.02 Å². The molecule has 216 valence electrons. The van der Waals surface area contributed by atoms with Crippen molar-refractivity contribution < 1.29 is 14.4 Å². The van der Waals surface area contributed by atoms with Crippen molar-refractivity contribution >= 4 is 35.0 Å². The first kappa shape index (κ1) is 31.6. The number of hydrogen-bond acceptors (Lipinski definition) is 8. The molecule has 0 saturated carbocycles. The first-order valence-corrected chi connectivity index (χ1v) is 13.5. The largest absolute Gasteiger partial charge is 0.453 e. The summed E-state index contributed by atoms with van der Waals surface area (Å²) in [5.41, 5.74) is 6.66. The average molecular weight is 585 g/mol. The Hall–Kier alpha value is -4.94. The van der Waals surface area contributed by atoms with Crippen LogP contribution in [0.4, 0.5) is 16.4 Å². The first-order chi connectivity index (χ1) is 20.3. The van der Waals surface area contributed by atoms with E-state index in [1.807, 2.05) is 87.5 Å². The summed E-state index contributed by atoms with van der Waals surface area (Å²) in [7, 11) is 1.31. The van der Waals surface area contributed by atoms with E-state index in [2.05, 4.69) is 47.3 Å². The number of amides is 1. The number of para-hydroxylation sites is 1. The third-order valence-electron chi connectivity index (χ3n) is 5.57. The number of ether oxygens (including phenoxy) is 1. The molecule has 4 aromatic rings. The highest BCUT2D eigenvalue weighted by molar-refractivity contribution is 6.31. The zero-order valence-electron chi connectivity index (χ0n) is 24.2. The highest BCUT2D eigenvalue weighted by Crippen LogP contribution is 2.18. The van der Waals surface area contributed by atoms with Gasteiger partial charge in [-0.05, 0) is 87.2 Å². The van der Waals surface area contributed by atoms with Crippen LogP contribution in [-0.4, -0.2) is 33.9 Å². The molecule has 10 heteroatoms. The predicted octanol–water partition coefficient (Wildman–Crippen LogP) is 6.74. The zero-order chi connectivity index (χ0) is 30.3. The summed E-state index contributed by atoms with van der Waals surface area (Å²) in [5.74, 6) is 6.35. The number of benzene rings is 2. The van der Waals surface area contributed by atoms with E-state index in [4.69, 9.17) is 16.4 Å². The molecule has 2 N–H and O–H groups in total. The molecule has 2 aromatic carbocycles. The van der Waals surface area contributed by atoms with Crippen molar-refractivity contribution in [1.82, 2.24) is 20.3 Å². The number of halogens is 1. The van der Waals surface area contributed by atoms with Crippen LogP contribution < -0.4 is 10.6 Å². The van der Waals surface area contributed by atoms with Crippen molar-refractivity contribution in [3.63, 3.8) is 0 Å². The Morgan fingerprint density at radius 1 is 0.976 bits per heavy atom. The molecule has 0 aliphatic heterocycles. The van der Waals surface area contributed by atoms with Gasteiger partial charge in [-0.1, -0.05) is 53.0 Å². The lowest BCUT2D eigenvalue weighted by molar-refractivity contribution is 0.127. The van der Waals surface area contributed by atoms with Gasteiger partial charge in [-0.2, -0.15) is 0 Å². The van der Waals surface area contributed by atoms with E-state index in [9.17, 15) is 4.79 Å². The third-order valence-corrected chi connectivity index (χ3v) is 5.94. The summed E-state index contributed by atoms with van der Waals surface area (Å²) >= 11 is 6.16. The number of aryl methyl sites for hydroxylation is 2. The first-order valence-electron chi connectivity index (χ1n) is 13.1. The van der Waals surface area contributed by atoms with Crippen molar-refractivity contribution in [1.29, 1.82) is 0 Å². The van der Waals surface area contributed by atoms with E-state index in [0.717, 1.165) is 39.6 Å².